The fourth-order valence-electron chi connectivity index (χ4n) is 4.85. The zero-order valence-corrected chi connectivity index (χ0v) is 22.3. The largest absolute Gasteiger partial charge is 0.481 e. The van der Waals surface area contributed by atoms with Gasteiger partial charge in [-0.1, -0.05) is 48.5 Å². The van der Waals surface area contributed by atoms with Gasteiger partial charge in [-0.05, 0) is 101 Å². The van der Waals surface area contributed by atoms with Gasteiger partial charge in [-0.2, -0.15) is 0 Å². The molecule has 0 atom stereocenters. The first kappa shape index (κ1) is 28.4. The van der Waals surface area contributed by atoms with Gasteiger partial charge in [0.05, 0.1) is 15.5 Å². The molecule has 1 aromatic rings. The van der Waals surface area contributed by atoms with Crippen LogP contribution in [0.1, 0.15) is 84.1 Å². The number of carboxylic acid groups (broad SMARTS) is 1. The van der Waals surface area contributed by atoms with E-state index in [1.165, 1.54) is 76.4 Å². The van der Waals surface area contributed by atoms with Crippen LogP contribution in [0.5, 0.6) is 0 Å². The summed E-state index contributed by atoms with van der Waals surface area (Å²) in [5.74, 6) is 1.69. The predicted molar refractivity (Wildman–Crippen MR) is 140 cm³/mol. The second-order valence-corrected chi connectivity index (χ2v) is 11.9. The molecule has 0 spiro atoms. The van der Waals surface area contributed by atoms with E-state index >= 15 is 0 Å². The Kier molecular flexibility index (Phi) is 12.0. The standard InChI is InChI=1S/C22H34Cl2N2.C5H10O2/c23-21-11-10-20(12-22(21)24)16-26(14-18-4-2-1-3-5-18)15-19-8-6-17(13-25)7-9-19;1-5(2,3)4(6)7/h10-12,17-19H,1-9,13-16,25H2;1-3H3,(H,6,7). The predicted octanol–water partition coefficient (Wildman–Crippen LogP) is 7.26. The molecule has 3 N–H and O–H groups in total. The Balaban J connectivity index is 0.000000479. The molecule has 0 bridgehead atoms. The molecule has 0 saturated heterocycles. The highest BCUT2D eigenvalue weighted by atomic mass is 35.5. The van der Waals surface area contributed by atoms with Crippen molar-refractivity contribution in [3.63, 3.8) is 0 Å². The molecule has 1 aromatic carbocycles. The van der Waals surface area contributed by atoms with E-state index in [0.717, 1.165) is 30.8 Å². The highest BCUT2D eigenvalue weighted by Gasteiger charge is 2.24. The van der Waals surface area contributed by atoms with Crippen LogP contribution in [-0.4, -0.2) is 35.6 Å². The van der Waals surface area contributed by atoms with Crippen LogP contribution >= 0.6 is 23.2 Å². The lowest BCUT2D eigenvalue weighted by Crippen LogP contribution is -2.36. The molecule has 2 fully saturated rings. The molecule has 2 aliphatic rings. The summed E-state index contributed by atoms with van der Waals surface area (Å²) < 4.78 is 0. The van der Waals surface area contributed by atoms with E-state index in [1.54, 1.807) is 20.8 Å². The molecule has 0 amide bonds. The molecule has 2 aliphatic carbocycles. The monoisotopic (exact) mass is 498 g/mol. The first-order valence-corrected chi connectivity index (χ1v) is 13.4. The van der Waals surface area contributed by atoms with Gasteiger partial charge < -0.3 is 10.8 Å². The van der Waals surface area contributed by atoms with Crippen LogP contribution in [-0.2, 0) is 11.3 Å². The van der Waals surface area contributed by atoms with Gasteiger partial charge in [0.25, 0.3) is 0 Å². The van der Waals surface area contributed by atoms with Crippen molar-refractivity contribution in [1.29, 1.82) is 0 Å². The van der Waals surface area contributed by atoms with E-state index in [-0.39, 0.29) is 0 Å². The summed E-state index contributed by atoms with van der Waals surface area (Å²) in [6.07, 6.45) is 12.3. The number of nitrogens with zero attached hydrogens (tertiary/aromatic N) is 1. The first-order valence-electron chi connectivity index (χ1n) is 12.7. The van der Waals surface area contributed by atoms with Crippen LogP contribution in [0.15, 0.2) is 18.2 Å². The lowest BCUT2D eigenvalue weighted by molar-refractivity contribution is -0.145. The van der Waals surface area contributed by atoms with Gasteiger partial charge in [0.1, 0.15) is 0 Å². The summed E-state index contributed by atoms with van der Waals surface area (Å²) in [7, 11) is 0. The molecule has 6 heteroatoms. The van der Waals surface area contributed by atoms with Gasteiger partial charge >= 0.3 is 5.97 Å². The van der Waals surface area contributed by atoms with Crippen molar-refractivity contribution in [2.75, 3.05) is 19.6 Å². The highest BCUT2D eigenvalue weighted by molar-refractivity contribution is 6.42. The minimum absolute atomic E-state index is 0.583. The van der Waals surface area contributed by atoms with Crippen LogP contribution in [0.3, 0.4) is 0 Å². The number of nitrogens with two attached hydrogens (primary N) is 1. The second kappa shape index (κ2) is 13.9. The van der Waals surface area contributed by atoms with E-state index in [1.807, 2.05) is 12.1 Å². The van der Waals surface area contributed by atoms with Crippen LogP contribution in [0.25, 0.3) is 0 Å². The third-order valence-corrected chi connectivity index (χ3v) is 7.83. The number of halogens is 2. The van der Waals surface area contributed by atoms with Crippen molar-refractivity contribution >= 4 is 29.2 Å². The number of carbonyl (C=O) groups is 1. The number of hydrogen-bond donors (Lipinski definition) is 2. The molecule has 188 valence electrons. The smallest absolute Gasteiger partial charge is 0.308 e. The van der Waals surface area contributed by atoms with Crippen molar-refractivity contribution in [2.45, 2.75) is 85.1 Å². The minimum atomic E-state index is -0.757. The molecule has 3 rings (SSSR count). The lowest BCUT2D eigenvalue weighted by Gasteiger charge is -2.35. The van der Waals surface area contributed by atoms with Crippen molar-refractivity contribution < 1.29 is 9.90 Å². The van der Waals surface area contributed by atoms with Gasteiger partial charge in [0.2, 0.25) is 0 Å². The Hall–Kier alpha value is -0.810. The van der Waals surface area contributed by atoms with Crippen LogP contribution in [0, 0.1) is 23.2 Å². The molecule has 2 saturated carbocycles. The minimum Gasteiger partial charge on any atom is -0.481 e. The molecule has 0 aliphatic heterocycles. The fraction of sp³-hybridized carbons (Fsp3) is 0.741. The molecular formula is C27H44Cl2N2O2. The third kappa shape index (κ3) is 10.5. The van der Waals surface area contributed by atoms with E-state index in [2.05, 4.69) is 11.0 Å². The lowest BCUT2D eigenvalue weighted by atomic mass is 9.81. The second-order valence-electron chi connectivity index (χ2n) is 11.1. The SMILES string of the molecule is CC(C)(C)C(=O)O.NCC1CCC(CN(Cc2ccc(Cl)c(Cl)c2)CC2CCCCC2)CC1. The van der Waals surface area contributed by atoms with E-state index in [4.69, 9.17) is 34.0 Å². The summed E-state index contributed by atoms with van der Waals surface area (Å²) in [4.78, 5) is 12.7. The van der Waals surface area contributed by atoms with E-state index in [0.29, 0.717) is 10.0 Å². The average Bonchev–Trinajstić information content (AvgIpc) is 2.77. The summed E-state index contributed by atoms with van der Waals surface area (Å²) in [6.45, 7) is 9.29. The number of carboxylic acids is 1. The van der Waals surface area contributed by atoms with Crippen LogP contribution in [0.4, 0.5) is 0 Å². The van der Waals surface area contributed by atoms with Crippen LogP contribution in [0.2, 0.25) is 10.0 Å². The summed E-state index contributed by atoms with van der Waals surface area (Å²) in [5, 5.41) is 9.57. The Morgan fingerprint density at radius 2 is 1.45 bits per heavy atom. The Labute approximate surface area is 211 Å². The van der Waals surface area contributed by atoms with Crippen molar-refractivity contribution in [2.24, 2.45) is 28.9 Å². The number of rotatable bonds is 7. The normalized spacial score (nSPS) is 22.0. The molecule has 4 nitrogen and oxygen atoms in total. The number of hydrogen-bond acceptors (Lipinski definition) is 3. The van der Waals surface area contributed by atoms with E-state index < -0.39 is 11.4 Å². The van der Waals surface area contributed by atoms with Gasteiger partial charge in [-0.25, -0.2) is 0 Å². The molecule has 33 heavy (non-hydrogen) atoms. The maximum atomic E-state index is 10.0. The first-order chi connectivity index (χ1) is 15.6. The molecule has 0 unspecified atom stereocenters. The van der Waals surface area contributed by atoms with Gasteiger partial charge in [0.15, 0.2) is 0 Å². The third-order valence-electron chi connectivity index (χ3n) is 7.09. The number of benzene rings is 1. The quantitative estimate of drug-likeness (QED) is 0.414. The van der Waals surface area contributed by atoms with E-state index in [9.17, 15) is 4.79 Å². The Morgan fingerprint density at radius 1 is 0.939 bits per heavy atom. The summed E-state index contributed by atoms with van der Waals surface area (Å²) in [5.41, 5.74) is 6.57. The Morgan fingerprint density at radius 3 is 1.94 bits per heavy atom. The van der Waals surface area contributed by atoms with Gasteiger partial charge in [-0.15, -0.1) is 0 Å². The van der Waals surface area contributed by atoms with Crippen molar-refractivity contribution in [3.05, 3.63) is 33.8 Å². The van der Waals surface area contributed by atoms with Gasteiger partial charge in [0, 0.05) is 19.6 Å². The molecule has 0 radical (unpaired) electrons. The van der Waals surface area contributed by atoms with Crippen LogP contribution < -0.4 is 5.73 Å². The average molecular weight is 500 g/mol. The zero-order chi connectivity index (χ0) is 24.4. The van der Waals surface area contributed by atoms with Crippen molar-refractivity contribution in [1.82, 2.24) is 4.90 Å². The summed E-state index contributed by atoms with van der Waals surface area (Å²) >= 11 is 12.4. The topological polar surface area (TPSA) is 66.6 Å². The fourth-order valence-corrected chi connectivity index (χ4v) is 5.17. The highest BCUT2D eigenvalue weighted by Crippen LogP contribution is 2.31. The maximum absolute atomic E-state index is 10.0. The molecule has 0 aromatic heterocycles. The van der Waals surface area contributed by atoms with Gasteiger partial charge in [-0.3, -0.25) is 9.69 Å². The maximum Gasteiger partial charge on any atom is 0.308 e. The molecule has 0 heterocycles. The molecular weight excluding hydrogens is 455 g/mol. The Bertz CT molecular complexity index is 721. The van der Waals surface area contributed by atoms with Crippen molar-refractivity contribution in [3.8, 4) is 0 Å². The zero-order valence-electron chi connectivity index (χ0n) is 20.8. The summed E-state index contributed by atoms with van der Waals surface area (Å²) in [6, 6.07) is 6.11. The number of aliphatic carboxylic acids is 1.